The number of sulfonamides is 1. The molecule has 38 heavy (non-hydrogen) atoms. The quantitative estimate of drug-likeness (QED) is 0.306. The fraction of sp³-hybridized carbons (Fsp3) is 0.321. The number of carbonyl (C=O) groups excluding carboxylic acids is 1. The van der Waals surface area contributed by atoms with E-state index in [1.54, 1.807) is 18.2 Å². The van der Waals surface area contributed by atoms with E-state index in [2.05, 4.69) is 9.97 Å². The van der Waals surface area contributed by atoms with Gasteiger partial charge in [-0.25, -0.2) is 8.42 Å². The van der Waals surface area contributed by atoms with Gasteiger partial charge in [-0.3, -0.25) is 14.7 Å². The second kappa shape index (κ2) is 11.8. The molecule has 1 unspecified atom stereocenters. The van der Waals surface area contributed by atoms with Crippen LogP contribution in [-0.2, 0) is 16.4 Å². The van der Waals surface area contributed by atoms with Crippen LogP contribution in [0.5, 0.6) is 0 Å². The van der Waals surface area contributed by atoms with E-state index in [-0.39, 0.29) is 41.4 Å². The Balaban J connectivity index is 1.54. The Morgan fingerprint density at radius 3 is 2.42 bits per heavy atom. The number of carbonyl (C=O) groups is 1. The molecule has 1 atom stereocenters. The number of hydrogen-bond donors (Lipinski definition) is 1. The van der Waals surface area contributed by atoms with Gasteiger partial charge >= 0.3 is 6.01 Å². The monoisotopic (exact) mass is 536 g/mol. The number of pyridine rings is 1. The van der Waals surface area contributed by atoms with Crippen LogP contribution >= 0.6 is 0 Å². The summed E-state index contributed by atoms with van der Waals surface area (Å²) in [7, 11) is -2.40. The Hall–Kier alpha value is -3.60. The summed E-state index contributed by atoms with van der Waals surface area (Å²) >= 11 is 0. The van der Waals surface area contributed by atoms with E-state index in [4.69, 9.17) is 4.42 Å². The zero-order valence-corrected chi connectivity index (χ0v) is 22.5. The van der Waals surface area contributed by atoms with Crippen LogP contribution in [0.25, 0.3) is 11.1 Å². The Bertz CT molecular complexity index is 1470. The fourth-order valence-electron chi connectivity index (χ4n) is 4.10. The smallest absolute Gasteiger partial charge is 0.305 e. The summed E-state index contributed by atoms with van der Waals surface area (Å²) in [4.78, 5) is 22.3. The average Bonchev–Trinajstić information content (AvgIpc) is 3.35. The molecule has 2 heterocycles. The van der Waals surface area contributed by atoms with Gasteiger partial charge in [-0.2, -0.15) is 9.29 Å². The van der Waals surface area contributed by atoms with Crippen LogP contribution in [0.3, 0.4) is 0 Å². The van der Waals surface area contributed by atoms with Gasteiger partial charge in [-0.15, -0.1) is 0 Å². The number of anilines is 1. The van der Waals surface area contributed by atoms with E-state index in [9.17, 15) is 18.3 Å². The first-order valence-corrected chi connectivity index (χ1v) is 13.9. The van der Waals surface area contributed by atoms with E-state index in [1.165, 1.54) is 40.8 Å². The van der Waals surface area contributed by atoms with Crippen molar-refractivity contribution in [1.29, 1.82) is 0 Å². The Morgan fingerprint density at radius 2 is 1.74 bits per heavy atom. The SMILES string of the molecule is CC(C)CN(CC(O)CCc1ccccc1)S(=O)(=O)c1ccc2nc(N(C)C(=O)c3ccncc3)oc2c1. The van der Waals surface area contributed by atoms with E-state index in [0.29, 0.717) is 23.9 Å². The summed E-state index contributed by atoms with van der Waals surface area (Å²) in [5, 5.41) is 10.7. The number of benzene rings is 2. The van der Waals surface area contributed by atoms with Crippen molar-refractivity contribution in [2.24, 2.45) is 5.92 Å². The number of aromatic nitrogens is 2. The van der Waals surface area contributed by atoms with E-state index >= 15 is 0 Å². The third-order valence-electron chi connectivity index (χ3n) is 6.10. The molecule has 0 saturated carbocycles. The lowest BCUT2D eigenvalue weighted by molar-refractivity contribution is 0.0988. The second-order valence-corrected chi connectivity index (χ2v) is 11.6. The van der Waals surface area contributed by atoms with Crippen molar-refractivity contribution in [1.82, 2.24) is 14.3 Å². The van der Waals surface area contributed by atoms with Crippen LogP contribution in [0.4, 0.5) is 6.01 Å². The van der Waals surface area contributed by atoms with Gasteiger partial charge in [0.1, 0.15) is 5.52 Å². The molecule has 0 bridgehead atoms. The number of nitrogens with zero attached hydrogens (tertiary/aromatic N) is 4. The molecular formula is C28H32N4O5S. The third kappa shape index (κ3) is 6.45. The number of oxazole rings is 1. The minimum atomic E-state index is -3.94. The Kier molecular flexibility index (Phi) is 8.55. The first-order valence-electron chi connectivity index (χ1n) is 12.5. The molecule has 0 radical (unpaired) electrons. The number of amides is 1. The molecule has 0 fully saturated rings. The van der Waals surface area contributed by atoms with Crippen molar-refractivity contribution in [2.75, 3.05) is 25.0 Å². The molecule has 0 aliphatic carbocycles. The highest BCUT2D eigenvalue weighted by atomic mass is 32.2. The molecule has 0 spiro atoms. The maximum Gasteiger partial charge on any atom is 0.305 e. The average molecular weight is 537 g/mol. The predicted octanol–water partition coefficient (Wildman–Crippen LogP) is 4.14. The van der Waals surface area contributed by atoms with Crippen LogP contribution < -0.4 is 4.90 Å². The van der Waals surface area contributed by atoms with Gasteiger partial charge in [0.2, 0.25) is 10.0 Å². The lowest BCUT2D eigenvalue weighted by atomic mass is 10.1. The van der Waals surface area contributed by atoms with Crippen LogP contribution in [0.1, 0.15) is 36.2 Å². The van der Waals surface area contributed by atoms with Gasteiger partial charge in [-0.05, 0) is 48.6 Å². The molecule has 10 heteroatoms. The molecule has 2 aromatic heterocycles. The fourth-order valence-corrected chi connectivity index (χ4v) is 5.76. The van der Waals surface area contributed by atoms with Gasteiger partial charge in [0, 0.05) is 44.2 Å². The lowest BCUT2D eigenvalue weighted by Crippen LogP contribution is -2.40. The first-order chi connectivity index (χ1) is 18.1. The second-order valence-electron chi connectivity index (χ2n) is 9.62. The molecular weight excluding hydrogens is 504 g/mol. The number of rotatable bonds is 11. The summed E-state index contributed by atoms with van der Waals surface area (Å²) in [6, 6.07) is 17.4. The number of aliphatic hydroxyl groups is 1. The molecule has 200 valence electrons. The van der Waals surface area contributed by atoms with Gasteiger partial charge in [-0.1, -0.05) is 44.2 Å². The zero-order chi connectivity index (χ0) is 27.3. The van der Waals surface area contributed by atoms with Gasteiger partial charge in [0.05, 0.1) is 11.0 Å². The highest BCUT2D eigenvalue weighted by Gasteiger charge is 2.28. The third-order valence-corrected chi connectivity index (χ3v) is 7.93. The minimum Gasteiger partial charge on any atom is -0.423 e. The summed E-state index contributed by atoms with van der Waals surface area (Å²) in [6.07, 6.45) is 3.31. The maximum atomic E-state index is 13.6. The predicted molar refractivity (Wildman–Crippen MR) is 145 cm³/mol. The van der Waals surface area contributed by atoms with Crippen molar-refractivity contribution in [3.8, 4) is 0 Å². The minimum absolute atomic E-state index is 0.0176. The maximum absolute atomic E-state index is 13.6. The first kappa shape index (κ1) is 27.4. The summed E-state index contributed by atoms with van der Waals surface area (Å²) < 4.78 is 34.4. The standard InChI is InChI=1S/C28H32N4O5S/c1-20(2)18-32(19-23(33)10-9-21-7-5-4-6-8-21)38(35,36)24-11-12-25-26(17-24)37-28(30-25)31(3)27(34)22-13-15-29-16-14-22/h4-8,11-17,20,23,33H,9-10,18-19H2,1-3H3. The highest BCUT2D eigenvalue weighted by Crippen LogP contribution is 2.27. The Morgan fingerprint density at radius 1 is 1.03 bits per heavy atom. The van der Waals surface area contributed by atoms with Crippen molar-refractivity contribution < 1.29 is 22.7 Å². The van der Waals surface area contributed by atoms with Crippen LogP contribution in [0, 0.1) is 5.92 Å². The van der Waals surface area contributed by atoms with E-state index < -0.39 is 16.1 Å². The van der Waals surface area contributed by atoms with Gasteiger partial charge in [0.15, 0.2) is 5.58 Å². The summed E-state index contributed by atoms with van der Waals surface area (Å²) in [5.41, 5.74) is 2.17. The molecule has 0 saturated heterocycles. The molecule has 0 aliphatic heterocycles. The largest absolute Gasteiger partial charge is 0.423 e. The zero-order valence-electron chi connectivity index (χ0n) is 21.7. The van der Waals surface area contributed by atoms with E-state index in [1.807, 2.05) is 44.2 Å². The van der Waals surface area contributed by atoms with Crippen molar-refractivity contribution in [3.63, 3.8) is 0 Å². The molecule has 0 aliphatic rings. The van der Waals surface area contributed by atoms with E-state index in [0.717, 1.165) is 5.56 Å². The molecule has 4 rings (SSSR count). The molecule has 1 N–H and O–H groups in total. The van der Waals surface area contributed by atoms with Crippen LogP contribution in [0.2, 0.25) is 0 Å². The van der Waals surface area contributed by atoms with Crippen LogP contribution in [-0.4, -0.2) is 59.9 Å². The summed E-state index contributed by atoms with van der Waals surface area (Å²) in [5.74, 6) is -0.279. The van der Waals surface area contributed by atoms with Crippen LogP contribution in [0.15, 0.2) is 82.4 Å². The molecule has 9 nitrogen and oxygen atoms in total. The lowest BCUT2D eigenvalue weighted by Gasteiger charge is -2.26. The van der Waals surface area contributed by atoms with Gasteiger partial charge < -0.3 is 9.52 Å². The molecule has 4 aromatic rings. The molecule has 1 amide bonds. The number of hydrogen-bond acceptors (Lipinski definition) is 7. The number of aryl methyl sites for hydroxylation is 1. The topological polar surface area (TPSA) is 117 Å². The van der Waals surface area contributed by atoms with Crippen molar-refractivity contribution >= 4 is 33.0 Å². The number of fused-ring (bicyclic) bond motifs is 1. The van der Waals surface area contributed by atoms with Gasteiger partial charge in [0.25, 0.3) is 5.91 Å². The highest BCUT2D eigenvalue weighted by molar-refractivity contribution is 7.89. The summed E-state index contributed by atoms with van der Waals surface area (Å²) in [6.45, 7) is 4.10. The normalized spacial score (nSPS) is 12.8. The Labute approximate surface area is 222 Å². The van der Waals surface area contributed by atoms with Crippen molar-refractivity contribution in [3.05, 3.63) is 84.2 Å². The number of aliphatic hydroxyl groups excluding tert-OH is 1. The molecule has 2 aromatic carbocycles. The van der Waals surface area contributed by atoms with Crippen molar-refractivity contribution in [2.45, 2.75) is 37.7 Å².